The van der Waals surface area contributed by atoms with E-state index >= 15 is 0 Å². The molecule has 120 valence electrons. The van der Waals surface area contributed by atoms with Crippen LogP contribution in [0.15, 0.2) is 42.7 Å². The van der Waals surface area contributed by atoms with Crippen LogP contribution in [-0.4, -0.2) is 35.5 Å². The minimum Gasteiger partial charge on any atom is -0.467 e. The zero-order chi connectivity index (χ0) is 16.4. The summed E-state index contributed by atoms with van der Waals surface area (Å²) < 4.78 is 32.6. The Morgan fingerprint density at radius 3 is 2.52 bits per heavy atom. The summed E-state index contributed by atoms with van der Waals surface area (Å²) in [5.41, 5.74) is 0.788. The van der Waals surface area contributed by atoms with Gasteiger partial charge in [-0.15, -0.1) is 0 Å². The lowest BCUT2D eigenvalue weighted by Gasteiger charge is -2.04. The molecule has 0 radical (unpaired) electrons. The van der Waals surface area contributed by atoms with E-state index in [4.69, 9.17) is 4.74 Å². The Bertz CT molecular complexity index is 692. The van der Waals surface area contributed by atoms with Crippen LogP contribution in [0.4, 0.5) is 8.78 Å². The van der Waals surface area contributed by atoms with Crippen molar-refractivity contribution in [3.05, 3.63) is 53.9 Å². The predicted molar refractivity (Wildman–Crippen MR) is 78.5 cm³/mol. The molecule has 5 nitrogen and oxygen atoms in total. The quantitative estimate of drug-likeness (QED) is 0.918. The third-order valence-corrected chi connectivity index (χ3v) is 3.92. The first-order valence-corrected chi connectivity index (χ1v) is 7.11. The summed E-state index contributed by atoms with van der Waals surface area (Å²) in [6.45, 7) is -0.0998. The molecule has 7 heteroatoms. The van der Waals surface area contributed by atoms with E-state index in [2.05, 4.69) is 15.3 Å². The molecular weight excluding hydrogens is 304 g/mol. The number of alkyl halides is 2. The van der Waals surface area contributed by atoms with Crippen molar-refractivity contribution in [1.82, 2.24) is 15.3 Å². The lowest BCUT2D eigenvalue weighted by atomic mass is 10.1. The van der Waals surface area contributed by atoms with Crippen LogP contribution in [0.5, 0.6) is 6.01 Å². The molecule has 1 aliphatic rings. The fourth-order valence-corrected chi connectivity index (χ4v) is 2.60. The van der Waals surface area contributed by atoms with E-state index in [0.29, 0.717) is 5.56 Å². The van der Waals surface area contributed by atoms with E-state index in [1.165, 1.54) is 19.5 Å². The maximum atomic E-state index is 13.9. The molecule has 0 bridgehead atoms. The number of nitrogens with one attached hydrogen (secondary N) is 1. The molecule has 2 aromatic rings. The number of aromatic nitrogens is 2. The van der Waals surface area contributed by atoms with Crippen molar-refractivity contribution in [2.75, 3.05) is 13.7 Å². The summed E-state index contributed by atoms with van der Waals surface area (Å²) >= 11 is 0. The maximum absolute atomic E-state index is 13.9. The van der Waals surface area contributed by atoms with E-state index in [1.54, 1.807) is 30.3 Å². The first-order valence-electron chi connectivity index (χ1n) is 7.11. The predicted octanol–water partition coefficient (Wildman–Crippen LogP) is 2.26. The summed E-state index contributed by atoms with van der Waals surface area (Å²) in [5, 5.41) is 2.51. The van der Waals surface area contributed by atoms with E-state index in [-0.39, 0.29) is 18.1 Å². The van der Waals surface area contributed by atoms with Gasteiger partial charge >= 0.3 is 6.01 Å². The number of rotatable bonds is 5. The largest absolute Gasteiger partial charge is 0.467 e. The monoisotopic (exact) mass is 319 g/mol. The fourth-order valence-electron chi connectivity index (χ4n) is 2.60. The first kappa shape index (κ1) is 15.3. The Labute approximate surface area is 131 Å². The Morgan fingerprint density at radius 1 is 1.26 bits per heavy atom. The highest BCUT2D eigenvalue weighted by Gasteiger charge is 2.68. The Morgan fingerprint density at radius 2 is 1.91 bits per heavy atom. The van der Waals surface area contributed by atoms with E-state index < -0.39 is 23.7 Å². The summed E-state index contributed by atoms with van der Waals surface area (Å²) in [7, 11) is 1.41. The van der Waals surface area contributed by atoms with Gasteiger partial charge < -0.3 is 10.1 Å². The van der Waals surface area contributed by atoms with Crippen LogP contribution in [0.25, 0.3) is 0 Å². The summed E-state index contributed by atoms with van der Waals surface area (Å²) in [5.74, 6) is -5.03. The second-order valence-electron chi connectivity index (χ2n) is 5.34. The molecule has 0 spiro atoms. The van der Waals surface area contributed by atoms with Gasteiger partial charge in [0.05, 0.1) is 24.5 Å². The fraction of sp³-hybridized carbons (Fsp3) is 0.312. The second-order valence-corrected chi connectivity index (χ2v) is 5.34. The highest BCUT2D eigenvalue weighted by atomic mass is 19.3. The lowest BCUT2D eigenvalue weighted by molar-refractivity contribution is 0.0873. The Kier molecular flexibility index (Phi) is 3.94. The SMILES string of the molecule is COc1ncc(C(=O)NC[C@@H]2[C@@H](c3ccccc3)C2(F)F)cn1. The molecule has 1 saturated carbocycles. The van der Waals surface area contributed by atoms with Crippen LogP contribution in [0, 0.1) is 5.92 Å². The average Bonchev–Trinajstić information content (AvgIpc) is 3.14. The van der Waals surface area contributed by atoms with Crippen LogP contribution in [0.1, 0.15) is 21.8 Å². The lowest BCUT2D eigenvalue weighted by Crippen LogP contribution is -2.27. The van der Waals surface area contributed by atoms with Gasteiger partial charge in [-0.1, -0.05) is 30.3 Å². The third kappa shape index (κ3) is 2.99. The van der Waals surface area contributed by atoms with E-state index in [1.807, 2.05) is 0 Å². The highest BCUT2D eigenvalue weighted by molar-refractivity contribution is 5.93. The van der Waals surface area contributed by atoms with Gasteiger partial charge in [0.2, 0.25) is 0 Å². The molecule has 2 atom stereocenters. The normalized spacial score (nSPS) is 21.5. The van der Waals surface area contributed by atoms with Gasteiger partial charge in [-0.2, -0.15) is 0 Å². The van der Waals surface area contributed by atoms with Crippen LogP contribution in [-0.2, 0) is 0 Å². The number of halogens is 2. The van der Waals surface area contributed by atoms with Gasteiger partial charge in [-0.3, -0.25) is 4.79 Å². The molecular formula is C16H15F2N3O2. The molecule has 1 amide bonds. The Hall–Kier alpha value is -2.57. The molecule has 0 saturated heterocycles. The molecule has 1 fully saturated rings. The number of amides is 1. The molecule has 1 aliphatic carbocycles. The van der Waals surface area contributed by atoms with Crippen molar-refractivity contribution in [2.45, 2.75) is 11.8 Å². The number of ether oxygens (including phenoxy) is 1. The van der Waals surface area contributed by atoms with Crippen molar-refractivity contribution in [3.63, 3.8) is 0 Å². The number of nitrogens with zero attached hydrogens (tertiary/aromatic N) is 2. The minimum absolute atomic E-state index is 0.0998. The van der Waals surface area contributed by atoms with Gasteiger partial charge in [-0.05, 0) is 5.56 Å². The second kappa shape index (κ2) is 5.91. The molecule has 0 unspecified atom stereocenters. The zero-order valence-electron chi connectivity index (χ0n) is 12.4. The first-order chi connectivity index (χ1) is 11.0. The van der Waals surface area contributed by atoms with Crippen molar-refractivity contribution < 1.29 is 18.3 Å². The van der Waals surface area contributed by atoms with Gasteiger partial charge in [0, 0.05) is 18.9 Å². The molecule has 1 heterocycles. The maximum Gasteiger partial charge on any atom is 0.316 e. The smallest absolute Gasteiger partial charge is 0.316 e. The minimum atomic E-state index is -2.80. The molecule has 1 N–H and O–H groups in total. The van der Waals surface area contributed by atoms with Gasteiger partial charge in [-0.25, -0.2) is 18.7 Å². The molecule has 0 aliphatic heterocycles. The molecule has 23 heavy (non-hydrogen) atoms. The highest BCUT2D eigenvalue weighted by Crippen LogP contribution is 2.61. The number of benzene rings is 1. The summed E-state index contributed by atoms with van der Waals surface area (Å²) in [6.07, 6.45) is 2.59. The van der Waals surface area contributed by atoms with Crippen LogP contribution >= 0.6 is 0 Å². The molecule has 1 aromatic carbocycles. The number of carbonyl (C=O) groups is 1. The van der Waals surface area contributed by atoms with E-state index in [0.717, 1.165) is 0 Å². The molecule has 1 aromatic heterocycles. The Balaban J connectivity index is 1.61. The van der Waals surface area contributed by atoms with Crippen LogP contribution < -0.4 is 10.1 Å². The van der Waals surface area contributed by atoms with Crippen molar-refractivity contribution >= 4 is 5.91 Å². The van der Waals surface area contributed by atoms with Crippen LogP contribution in [0.3, 0.4) is 0 Å². The van der Waals surface area contributed by atoms with E-state index in [9.17, 15) is 13.6 Å². The van der Waals surface area contributed by atoms with Crippen molar-refractivity contribution in [1.29, 1.82) is 0 Å². The van der Waals surface area contributed by atoms with Gasteiger partial charge in [0.15, 0.2) is 0 Å². The number of methoxy groups -OCH3 is 1. The zero-order valence-corrected chi connectivity index (χ0v) is 12.4. The number of hydrogen-bond acceptors (Lipinski definition) is 4. The topological polar surface area (TPSA) is 64.1 Å². The van der Waals surface area contributed by atoms with Gasteiger partial charge in [0.25, 0.3) is 11.8 Å². The third-order valence-electron chi connectivity index (χ3n) is 3.92. The van der Waals surface area contributed by atoms with Gasteiger partial charge in [0.1, 0.15) is 0 Å². The summed E-state index contributed by atoms with van der Waals surface area (Å²) in [6, 6.07) is 8.74. The number of carbonyl (C=O) groups excluding carboxylic acids is 1. The average molecular weight is 319 g/mol. The number of hydrogen-bond donors (Lipinski definition) is 1. The molecule has 3 rings (SSSR count). The standard InChI is InChI=1S/C16H15F2N3O2/c1-23-15-20-7-11(8-21-15)14(22)19-9-12-13(16(12,17)18)10-5-3-2-4-6-10/h2-8,12-13H,9H2,1H3,(H,19,22)/t12-,13-/m1/s1. The van der Waals surface area contributed by atoms with Crippen molar-refractivity contribution in [3.8, 4) is 6.01 Å². The van der Waals surface area contributed by atoms with Crippen molar-refractivity contribution in [2.24, 2.45) is 5.92 Å². The van der Waals surface area contributed by atoms with Crippen LogP contribution in [0.2, 0.25) is 0 Å². The summed E-state index contributed by atoms with van der Waals surface area (Å²) in [4.78, 5) is 19.6.